The Balaban J connectivity index is 0.000000111. The second-order valence-corrected chi connectivity index (χ2v) is 37.8. The molecule has 0 spiro atoms. The van der Waals surface area contributed by atoms with Crippen LogP contribution in [0.25, 0.3) is 288 Å². The van der Waals surface area contributed by atoms with Crippen LogP contribution in [0.3, 0.4) is 0 Å². The van der Waals surface area contributed by atoms with Gasteiger partial charge in [0.25, 0.3) is 0 Å². The van der Waals surface area contributed by atoms with Crippen LogP contribution in [0.5, 0.6) is 0 Å². The maximum atomic E-state index is 5.40. The van der Waals surface area contributed by atoms with E-state index in [2.05, 4.69) is 442 Å². The lowest BCUT2D eigenvalue weighted by Gasteiger charge is -2.17. The van der Waals surface area contributed by atoms with Crippen molar-refractivity contribution in [1.82, 2.24) is 49.8 Å². The molecule has 0 atom stereocenters. The fourth-order valence-corrected chi connectivity index (χ4v) is 21.8. The summed E-state index contributed by atoms with van der Waals surface area (Å²) in [7, 11) is 0. The third-order valence-electron chi connectivity index (χ3n) is 28.8. The molecule has 0 amide bonds. The molecule has 150 heavy (non-hydrogen) atoms. The van der Waals surface area contributed by atoms with Crippen LogP contribution in [0.4, 0.5) is 0 Å². The first-order chi connectivity index (χ1) is 74.4. The normalized spacial score (nSPS) is 11.5. The van der Waals surface area contributed by atoms with E-state index in [1.54, 1.807) is 6.20 Å². The first-order valence-electron chi connectivity index (χ1n) is 50.6. The van der Waals surface area contributed by atoms with Crippen LogP contribution in [-0.2, 0) is 0 Å². The standard InChI is InChI=1S/2C49H31N3.C42H26N4/c1-3-15-32(16-4-1)34-19-13-22-37(29-34)49-51-44(33-17-5-2-6-18-33)31-45(52-49)35-20-14-21-36(30-35)48-47-41-26-10-8-24-39(41)38-23-7-9-25-40(38)46(47)42-27-11-12-28-43(42)50-48;1-3-15-32(16-4-1)34-19-13-20-35(29-34)44-31-45(52-49(51-44)33-17-5-2-6-18-33)36-21-14-22-37(30-36)48-47-41-26-10-8-24-39(41)38-23-7-9-25-40(38)46(47)42-27-11-12-28-43(42)50-48;1-2-13-27(14-3-1)42-45-37(26-38(46-42)36-23-10-11-24-43-36)28-15-12-16-29(25-28)41-40-33-20-7-5-18-31(33)30-17-4-6-19-32(30)39(40)34-21-8-9-22-35(34)44-41/h2*1-31H;1-26H. The molecule has 0 radical (unpaired) electrons. The van der Waals surface area contributed by atoms with Gasteiger partial charge < -0.3 is 0 Å². The van der Waals surface area contributed by atoms with E-state index in [-0.39, 0.29) is 0 Å². The molecular weight excluding hydrogens is 1820 g/mol. The second-order valence-electron chi connectivity index (χ2n) is 37.8. The molecule has 10 nitrogen and oxygen atoms in total. The molecule has 0 aliphatic carbocycles. The summed E-state index contributed by atoms with van der Waals surface area (Å²) >= 11 is 0. The Morgan fingerprint density at radius 1 is 0.107 bits per heavy atom. The minimum absolute atomic E-state index is 0.663. The summed E-state index contributed by atoms with van der Waals surface area (Å²) < 4.78 is 0. The van der Waals surface area contributed by atoms with Crippen LogP contribution in [0.1, 0.15) is 0 Å². The maximum absolute atomic E-state index is 5.40. The van der Waals surface area contributed by atoms with Crippen molar-refractivity contribution in [3.8, 4) is 158 Å². The lowest BCUT2D eigenvalue weighted by atomic mass is 9.89. The molecule has 0 saturated heterocycles. The van der Waals surface area contributed by atoms with Gasteiger partial charge in [-0.2, -0.15) is 0 Å². The van der Waals surface area contributed by atoms with Crippen LogP contribution >= 0.6 is 0 Å². The molecule has 0 unspecified atom stereocenters. The first kappa shape index (κ1) is 88.7. The number of benzene rings is 22. The third-order valence-corrected chi connectivity index (χ3v) is 28.8. The maximum Gasteiger partial charge on any atom is 0.160 e. The summed E-state index contributed by atoms with van der Waals surface area (Å²) in [5.74, 6) is 2.04. The van der Waals surface area contributed by atoms with Crippen LogP contribution in [-0.4, -0.2) is 49.8 Å². The zero-order valence-corrected chi connectivity index (χ0v) is 81.3. The number of hydrogen-bond donors (Lipinski definition) is 0. The molecule has 698 valence electrons. The average Bonchev–Trinajstić information content (AvgIpc) is 0.721. The predicted molar refractivity (Wildman–Crippen MR) is 623 cm³/mol. The monoisotopic (exact) mass is 1910 g/mol. The molecule has 0 aliphatic rings. The topological polar surface area (TPSA) is 129 Å². The van der Waals surface area contributed by atoms with Gasteiger partial charge >= 0.3 is 0 Å². The predicted octanol–water partition coefficient (Wildman–Crippen LogP) is 36.2. The Morgan fingerprint density at radius 2 is 0.320 bits per heavy atom. The van der Waals surface area contributed by atoms with Crippen molar-refractivity contribution in [2.24, 2.45) is 0 Å². The Bertz CT molecular complexity index is 9880. The zero-order valence-electron chi connectivity index (χ0n) is 81.3. The van der Waals surface area contributed by atoms with Gasteiger partial charge in [0.1, 0.15) is 0 Å². The van der Waals surface area contributed by atoms with E-state index in [1.807, 2.05) is 91.0 Å². The van der Waals surface area contributed by atoms with Crippen molar-refractivity contribution in [1.29, 1.82) is 0 Å². The molecule has 0 fully saturated rings. The van der Waals surface area contributed by atoms with Crippen molar-refractivity contribution in [2.75, 3.05) is 0 Å². The van der Waals surface area contributed by atoms with E-state index in [0.29, 0.717) is 17.5 Å². The van der Waals surface area contributed by atoms with Gasteiger partial charge in [0.15, 0.2) is 17.5 Å². The van der Waals surface area contributed by atoms with Crippen molar-refractivity contribution in [3.05, 3.63) is 534 Å². The summed E-state index contributed by atoms with van der Waals surface area (Å²) in [5, 5.41) is 25.4. The van der Waals surface area contributed by atoms with Gasteiger partial charge in [0, 0.05) is 116 Å². The van der Waals surface area contributed by atoms with E-state index < -0.39 is 0 Å². The smallest absolute Gasteiger partial charge is 0.160 e. The van der Waals surface area contributed by atoms with Crippen LogP contribution in [0.15, 0.2) is 534 Å². The SMILES string of the molecule is c1ccc(-c2cccc(-c3cc(-c4cccc(-c5nc6ccccc6c6c7ccccc7c7ccccc7c56)c4)nc(-c4ccccc4)n3)c2)cc1.c1ccc(-c2cccc(-c3nc(-c4ccccc4)cc(-c4cccc(-c5nc6ccccc6c6c7ccccc7c7ccccc7c56)c4)n3)c2)cc1.c1ccc(-c2nc(-c3cccc(-c4nc5ccccc5c5c6ccccc6c6ccccc6c45)c3)cc(-c3ccccn3)n2)cc1. The summed E-state index contributed by atoms with van der Waals surface area (Å²) in [4.78, 5) is 51.5. The molecule has 29 rings (SSSR count). The van der Waals surface area contributed by atoms with Crippen molar-refractivity contribution in [3.63, 3.8) is 0 Å². The fourth-order valence-electron chi connectivity index (χ4n) is 21.8. The largest absolute Gasteiger partial charge is 0.255 e. The van der Waals surface area contributed by atoms with Crippen LogP contribution in [0, 0.1) is 0 Å². The zero-order chi connectivity index (χ0) is 99.3. The number of nitrogens with zero attached hydrogens (tertiary/aromatic N) is 10. The highest BCUT2D eigenvalue weighted by Crippen LogP contribution is 2.49. The second kappa shape index (κ2) is 38.5. The van der Waals surface area contributed by atoms with Crippen molar-refractivity contribution >= 4 is 130 Å². The van der Waals surface area contributed by atoms with Gasteiger partial charge in [-0.05, 0) is 166 Å². The average molecular weight is 1910 g/mol. The van der Waals surface area contributed by atoms with Gasteiger partial charge in [-0.3, -0.25) is 4.98 Å². The highest BCUT2D eigenvalue weighted by atomic mass is 14.9. The van der Waals surface area contributed by atoms with E-state index in [1.165, 1.54) is 86.4 Å². The van der Waals surface area contributed by atoms with E-state index >= 15 is 0 Å². The van der Waals surface area contributed by atoms with Crippen molar-refractivity contribution < 1.29 is 0 Å². The number of aromatic nitrogens is 10. The number of para-hydroxylation sites is 3. The Hall–Kier alpha value is -20.2. The van der Waals surface area contributed by atoms with Gasteiger partial charge in [-0.25, -0.2) is 44.9 Å². The lowest BCUT2D eigenvalue weighted by molar-refractivity contribution is 1.16. The highest BCUT2D eigenvalue weighted by molar-refractivity contribution is 6.37. The molecule has 0 bridgehead atoms. The van der Waals surface area contributed by atoms with Gasteiger partial charge in [-0.1, -0.05) is 449 Å². The summed E-state index contributed by atoms with van der Waals surface area (Å²) in [6.07, 6.45) is 1.80. The minimum Gasteiger partial charge on any atom is -0.255 e. The number of fused-ring (bicyclic) bond motifs is 24. The quantitative estimate of drug-likeness (QED) is 0.0971. The molecule has 0 N–H and O–H groups in total. The Labute approximate surface area is 865 Å². The first-order valence-corrected chi connectivity index (χ1v) is 50.6. The summed E-state index contributed by atoms with van der Waals surface area (Å²) in [6.45, 7) is 0. The van der Waals surface area contributed by atoms with E-state index in [0.717, 1.165) is 184 Å². The van der Waals surface area contributed by atoms with E-state index in [4.69, 9.17) is 44.9 Å². The minimum atomic E-state index is 0.663. The van der Waals surface area contributed by atoms with Crippen LogP contribution in [0.2, 0.25) is 0 Å². The van der Waals surface area contributed by atoms with Crippen LogP contribution < -0.4 is 0 Å². The van der Waals surface area contributed by atoms with Crippen molar-refractivity contribution in [2.45, 2.75) is 0 Å². The number of rotatable bonds is 14. The molecule has 29 aromatic rings. The number of hydrogen-bond acceptors (Lipinski definition) is 10. The summed E-state index contributed by atoms with van der Waals surface area (Å²) in [6, 6.07) is 185. The molecule has 10 heteroatoms. The van der Waals surface area contributed by atoms with Gasteiger partial charge in [0.2, 0.25) is 0 Å². The van der Waals surface area contributed by atoms with Gasteiger partial charge in [0.05, 0.1) is 73.5 Å². The molecular formula is C140H88N10. The van der Waals surface area contributed by atoms with Gasteiger partial charge in [-0.15, -0.1) is 0 Å². The molecule has 7 aromatic heterocycles. The Morgan fingerprint density at radius 3 is 0.640 bits per heavy atom. The Kier molecular flexibility index (Phi) is 22.8. The number of pyridine rings is 4. The third kappa shape index (κ3) is 16.5. The molecule has 7 heterocycles. The highest BCUT2D eigenvalue weighted by Gasteiger charge is 2.26. The molecule has 0 saturated carbocycles. The fraction of sp³-hybridized carbons (Fsp3) is 0. The summed E-state index contributed by atoms with van der Waals surface area (Å²) in [5.41, 5.74) is 27.4. The lowest BCUT2D eigenvalue weighted by Crippen LogP contribution is -1.97. The van der Waals surface area contributed by atoms with E-state index in [9.17, 15) is 0 Å². The molecule has 22 aromatic carbocycles. The molecule has 0 aliphatic heterocycles.